The van der Waals surface area contributed by atoms with Crippen LogP contribution in [-0.4, -0.2) is 12.4 Å². The summed E-state index contributed by atoms with van der Waals surface area (Å²) in [5.41, 5.74) is 1.87. The van der Waals surface area contributed by atoms with Gasteiger partial charge in [0.2, 0.25) is 0 Å². The lowest BCUT2D eigenvalue weighted by atomic mass is 9.88. The average molecular weight is 252 g/mol. The fraction of sp³-hybridized carbons (Fsp3) is 0.235. The molecule has 1 heterocycles. The molecule has 0 N–H and O–H groups in total. The van der Waals surface area contributed by atoms with Crippen LogP contribution in [0, 0.1) is 5.92 Å². The zero-order chi connectivity index (χ0) is 13.1. The Kier molecular flexibility index (Phi) is 3.43. The fourth-order valence-corrected chi connectivity index (χ4v) is 2.65. The maximum Gasteiger partial charge on any atom is 0.168 e. The summed E-state index contributed by atoms with van der Waals surface area (Å²) in [5.74, 6) is 0.122. The van der Waals surface area contributed by atoms with Gasteiger partial charge in [0.05, 0.1) is 12.0 Å². The van der Waals surface area contributed by atoms with E-state index in [4.69, 9.17) is 4.74 Å². The Hall–Kier alpha value is -1.93. The van der Waals surface area contributed by atoms with Crippen molar-refractivity contribution < 1.29 is 9.53 Å². The number of Topliss-reactive ketones (excluding diaryl/α,β-unsaturated/α-hetero) is 1. The summed E-state index contributed by atoms with van der Waals surface area (Å²) in [6, 6.07) is 19.5. The molecule has 0 radical (unpaired) electrons. The topological polar surface area (TPSA) is 26.3 Å². The lowest BCUT2D eigenvalue weighted by molar-refractivity contribution is 0.0701. The molecule has 1 aliphatic rings. The highest BCUT2D eigenvalue weighted by Gasteiger charge is 2.35. The van der Waals surface area contributed by atoms with E-state index in [0.717, 1.165) is 17.5 Å². The molecule has 19 heavy (non-hydrogen) atoms. The summed E-state index contributed by atoms with van der Waals surface area (Å²) >= 11 is 0. The predicted molar refractivity (Wildman–Crippen MR) is 74.0 cm³/mol. The maximum atomic E-state index is 12.6. The third kappa shape index (κ3) is 2.45. The second-order valence-corrected chi connectivity index (χ2v) is 4.83. The molecule has 1 saturated heterocycles. The largest absolute Gasteiger partial charge is 0.373 e. The molecule has 2 unspecified atom stereocenters. The lowest BCUT2D eigenvalue weighted by Gasteiger charge is -2.17. The molecule has 2 aromatic rings. The van der Waals surface area contributed by atoms with Gasteiger partial charge in [0.25, 0.3) is 0 Å². The molecule has 0 saturated carbocycles. The number of ether oxygens (including phenoxy) is 1. The van der Waals surface area contributed by atoms with Crippen molar-refractivity contribution in [2.45, 2.75) is 12.5 Å². The zero-order valence-electron chi connectivity index (χ0n) is 10.7. The summed E-state index contributed by atoms with van der Waals surface area (Å²) in [5, 5.41) is 0. The Morgan fingerprint density at radius 1 is 0.947 bits per heavy atom. The summed E-state index contributed by atoms with van der Waals surface area (Å²) < 4.78 is 5.77. The van der Waals surface area contributed by atoms with E-state index in [2.05, 4.69) is 0 Å². The molecule has 2 atom stereocenters. The quantitative estimate of drug-likeness (QED) is 0.779. The van der Waals surface area contributed by atoms with Gasteiger partial charge in [-0.25, -0.2) is 0 Å². The van der Waals surface area contributed by atoms with E-state index in [1.54, 1.807) is 0 Å². The Morgan fingerprint density at radius 3 is 2.26 bits per heavy atom. The molecule has 1 aliphatic heterocycles. The van der Waals surface area contributed by atoms with E-state index in [1.165, 1.54) is 0 Å². The second-order valence-electron chi connectivity index (χ2n) is 4.83. The first-order chi connectivity index (χ1) is 9.36. The number of ketones is 1. The molecular weight excluding hydrogens is 236 g/mol. The summed E-state index contributed by atoms with van der Waals surface area (Å²) in [6.45, 7) is 0.656. The van der Waals surface area contributed by atoms with Crippen molar-refractivity contribution in [3.8, 4) is 0 Å². The Labute approximate surface area is 113 Å². The van der Waals surface area contributed by atoms with E-state index < -0.39 is 0 Å². The minimum Gasteiger partial charge on any atom is -0.373 e. The maximum absolute atomic E-state index is 12.6. The van der Waals surface area contributed by atoms with E-state index in [0.29, 0.717) is 6.61 Å². The zero-order valence-corrected chi connectivity index (χ0v) is 10.7. The van der Waals surface area contributed by atoms with Gasteiger partial charge in [-0.1, -0.05) is 60.7 Å². The van der Waals surface area contributed by atoms with Crippen LogP contribution in [0.4, 0.5) is 0 Å². The third-order valence-corrected chi connectivity index (χ3v) is 3.61. The molecule has 2 heteroatoms. The van der Waals surface area contributed by atoms with Gasteiger partial charge in [-0.05, 0) is 12.0 Å². The van der Waals surface area contributed by atoms with Gasteiger partial charge in [-0.3, -0.25) is 4.79 Å². The Balaban J connectivity index is 1.86. The Bertz CT molecular complexity index is 548. The van der Waals surface area contributed by atoms with E-state index in [9.17, 15) is 4.79 Å². The van der Waals surface area contributed by atoms with Gasteiger partial charge in [0, 0.05) is 12.2 Å². The van der Waals surface area contributed by atoms with Crippen molar-refractivity contribution in [3.05, 3.63) is 71.8 Å². The van der Waals surface area contributed by atoms with Gasteiger partial charge >= 0.3 is 0 Å². The molecular formula is C17H16O2. The molecule has 2 aromatic carbocycles. The molecule has 3 rings (SSSR count). The molecule has 96 valence electrons. The number of carbonyl (C=O) groups is 1. The van der Waals surface area contributed by atoms with Crippen LogP contribution in [0.1, 0.15) is 28.4 Å². The summed E-state index contributed by atoms with van der Waals surface area (Å²) in [7, 11) is 0. The average Bonchev–Trinajstić information content (AvgIpc) is 2.98. The van der Waals surface area contributed by atoms with Crippen molar-refractivity contribution >= 4 is 5.78 Å². The number of benzene rings is 2. The highest BCUT2D eigenvalue weighted by Crippen LogP contribution is 2.36. The van der Waals surface area contributed by atoms with Crippen molar-refractivity contribution in [2.24, 2.45) is 5.92 Å². The summed E-state index contributed by atoms with van der Waals surface area (Å²) in [4.78, 5) is 12.6. The smallest absolute Gasteiger partial charge is 0.168 e. The van der Waals surface area contributed by atoms with E-state index in [1.807, 2.05) is 60.7 Å². The molecule has 0 bridgehead atoms. The van der Waals surface area contributed by atoms with Crippen molar-refractivity contribution in [1.29, 1.82) is 0 Å². The first kappa shape index (κ1) is 12.1. The molecule has 0 aromatic heterocycles. The van der Waals surface area contributed by atoms with Crippen LogP contribution in [0.5, 0.6) is 0 Å². The van der Waals surface area contributed by atoms with Crippen molar-refractivity contribution in [2.75, 3.05) is 6.61 Å². The standard InChI is InChI=1S/C17H16O2/c18-16(13-7-3-1-4-8-13)15-11-12-19-17(15)14-9-5-2-6-10-14/h1-10,15,17H,11-12H2. The minimum absolute atomic E-state index is 0.0650. The van der Waals surface area contributed by atoms with E-state index >= 15 is 0 Å². The molecule has 0 spiro atoms. The third-order valence-electron chi connectivity index (χ3n) is 3.61. The monoisotopic (exact) mass is 252 g/mol. The SMILES string of the molecule is O=C(c1ccccc1)C1CCOC1c1ccccc1. The molecule has 1 fully saturated rings. The Morgan fingerprint density at radius 2 is 1.58 bits per heavy atom. The molecule has 0 aliphatic carbocycles. The van der Waals surface area contributed by atoms with Gasteiger partial charge < -0.3 is 4.74 Å². The van der Waals surface area contributed by atoms with Crippen LogP contribution in [-0.2, 0) is 4.74 Å². The number of carbonyl (C=O) groups excluding carboxylic acids is 1. The summed E-state index contributed by atoms with van der Waals surface area (Å²) in [6.07, 6.45) is 0.696. The van der Waals surface area contributed by atoms with E-state index in [-0.39, 0.29) is 17.8 Å². The normalized spacial score (nSPS) is 22.3. The second kappa shape index (κ2) is 5.37. The van der Waals surface area contributed by atoms with Crippen LogP contribution in [0.3, 0.4) is 0 Å². The molecule has 0 amide bonds. The highest BCUT2D eigenvalue weighted by atomic mass is 16.5. The van der Waals surface area contributed by atoms with Gasteiger partial charge in [-0.2, -0.15) is 0 Å². The van der Waals surface area contributed by atoms with Crippen LogP contribution in [0.2, 0.25) is 0 Å². The van der Waals surface area contributed by atoms with Crippen molar-refractivity contribution in [1.82, 2.24) is 0 Å². The van der Waals surface area contributed by atoms with Gasteiger partial charge in [-0.15, -0.1) is 0 Å². The molecule has 2 nitrogen and oxygen atoms in total. The number of hydrogen-bond acceptors (Lipinski definition) is 2. The first-order valence-electron chi connectivity index (χ1n) is 6.62. The number of hydrogen-bond donors (Lipinski definition) is 0. The van der Waals surface area contributed by atoms with Gasteiger partial charge in [0.15, 0.2) is 5.78 Å². The fourth-order valence-electron chi connectivity index (χ4n) is 2.65. The number of rotatable bonds is 3. The van der Waals surface area contributed by atoms with Crippen LogP contribution in [0.15, 0.2) is 60.7 Å². The van der Waals surface area contributed by atoms with Crippen LogP contribution >= 0.6 is 0 Å². The van der Waals surface area contributed by atoms with Crippen LogP contribution in [0.25, 0.3) is 0 Å². The van der Waals surface area contributed by atoms with Crippen LogP contribution < -0.4 is 0 Å². The minimum atomic E-state index is -0.103. The first-order valence-corrected chi connectivity index (χ1v) is 6.62. The lowest BCUT2D eigenvalue weighted by Crippen LogP contribution is -2.18. The van der Waals surface area contributed by atoms with Gasteiger partial charge in [0.1, 0.15) is 0 Å². The highest BCUT2D eigenvalue weighted by molar-refractivity contribution is 5.98. The predicted octanol–water partition coefficient (Wildman–Crippen LogP) is 3.65. The van der Waals surface area contributed by atoms with Crippen molar-refractivity contribution in [3.63, 3.8) is 0 Å².